The Morgan fingerprint density at radius 3 is 2.84 bits per heavy atom. The first-order valence-electron chi connectivity index (χ1n) is 5.74. The molecule has 98 valence electrons. The lowest BCUT2D eigenvalue weighted by Gasteiger charge is -2.07. The molecular formula is C13H12ClN3O2. The number of para-hydroxylation sites is 1. The summed E-state index contributed by atoms with van der Waals surface area (Å²) in [5.41, 5.74) is 1.41. The van der Waals surface area contributed by atoms with Gasteiger partial charge in [-0.3, -0.25) is 15.1 Å². The van der Waals surface area contributed by atoms with E-state index in [4.69, 9.17) is 11.6 Å². The zero-order valence-electron chi connectivity index (χ0n) is 10.0. The molecule has 0 aliphatic rings. The molecule has 0 unspecified atom stereocenters. The average Bonchev–Trinajstić information content (AvgIpc) is 2.39. The molecule has 2 aromatic rings. The first kappa shape index (κ1) is 13.3. The van der Waals surface area contributed by atoms with E-state index in [0.717, 1.165) is 12.0 Å². The minimum Gasteiger partial charge on any atom is -0.379 e. The number of hydrogen-bond donors (Lipinski definition) is 1. The van der Waals surface area contributed by atoms with Crippen LogP contribution in [0.5, 0.6) is 0 Å². The Kier molecular flexibility index (Phi) is 4.30. The molecular weight excluding hydrogens is 266 g/mol. The quantitative estimate of drug-likeness (QED) is 0.672. The smallest absolute Gasteiger partial charge is 0.310 e. The lowest BCUT2D eigenvalue weighted by molar-refractivity contribution is -0.383. The second-order valence-electron chi connectivity index (χ2n) is 3.93. The van der Waals surface area contributed by atoms with Gasteiger partial charge in [-0.1, -0.05) is 23.7 Å². The van der Waals surface area contributed by atoms with Gasteiger partial charge in [0.05, 0.1) is 4.92 Å². The lowest BCUT2D eigenvalue weighted by atomic mass is 10.2. The number of nitro groups is 1. The molecule has 1 aromatic heterocycles. The fourth-order valence-electron chi connectivity index (χ4n) is 1.73. The van der Waals surface area contributed by atoms with E-state index in [1.54, 1.807) is 24.5 Å². The molecule has 0 bridgehead atoms. The molecule has 0 spiro atoms. The van der Waals surface area contributed by atoms with E-state index in [1.165, 1.54) is 6.07 Å². The number of anilines is 1. The van der Waals surface area contributed by atoms with Gasteiger partial charge in [-0.05, 0) is 30.2 Å². The molecule has 1 aromatic carbocycles. The number of aromatic nitrogens is 1. The summed E-state index contributed by atoms with van der Waals surface area (Å²) >= 11 is 5.83. The van der Waals surface area contributed by atoms with E-state index < -0.39 is 4.92 Å². The first-order valence-corrected chi connectivity index (χ1v) is 6.12. The SMILES string of the molecule is O=[N+]([O-])c1c(Cl)cccc1NCCc1cccnc1. The number of nitrogens with zero attached hydrogens (tertiary/aromatic N) is 2. The number of benzene rings is 1. The summed E-state index contributed by atoms with van der Waals surface area (Å²) in [4.78, 5) is 14.5. The summed E-state index contributed by atoms with van der Waals surface area (Å²) in [6.07, 6.45) is 4.21. The molecule has 0 saturated heterocycles. The predicted octanol–water partition coefficient (Wildman–Crippen LogP) is 3.30. The van der Waals surface area contributed by atoms with Crippen LogP contribution in [0.1, 0.15) is 5.56 Å². The van der Waals surface area contributed by atoms with Crippen molar-refractivity contribution in [2.45, 2.75) is 6.42 Å². The minimum atomic E-state index is -0.477. The maximum atomic E-state index is 10.9. The van der Waals surface area contributed by atoms with Gasteiger partial charge >= 0.3 is 5.69 Å². The van der Waals surface area contributed by atoms with Gasteiger partial charge in [-0.15, -0.1) is 0 Å². The van der Waals surface area contributed by atoms with Crippen molar-refractivity contribution < 1.29 is 4.92 Å². The van der Waals surface area contributed by atoms with Gasteiger partial charge in [-0.25, -0.2) is 0 Å². The van der Waals surface area contributed by atoms with Gasteiger partial charge in [0, 0.05) is 18.9 Å². The average molecular weight is 278 g/mol. The summed E-state index contributed by atoms with van der Waals surface area (Å²) in [5.74, 6) is 0. The highest BCUT2D eigenvalue weighted by Crippen LogP contribution is 2.32. The van der Waals surface area contributed by atoms with Crippen LogP contribution in [-0.4, -0.2) is 16.5 Å². The van der Waals surface area contributed by atoms with Crippen molar-refractivity contribution in [2.24, 2.45) is 0 Å². The Hall–Kier alpha value is -2.14. The maximum Gasteiger partial charge on any atom is 0.310 e. The minimum absolute atomic E-state index is 0.0876. The van der Waals surface area contributed by atoms with Crippen molar-refractivity contribution in [3.63, 3.8) is 0 Å². The van der Waals surface area contributed by atoms with Crippen LogP contribution < -0.4 is 5.32 Å². The second kappa shape index (κ2) is 6.15. The topological polar surface area (TPSA) is 68.1 Å². The Morgan fingerprint density at radius 1 is 1.32 bits per heavy atom. The van der Waals surface area contributed by atoms with Crippen molar-refractivity contribution in [3.05, 3.63) is 63.4 Å². The Labute approximate surface area is 115 Å². The van der Waals surface area contributed by atoms with Crippen molar-refractivity contribution >= 4 is 23.0 Å². The molecule has 1 heterocycles. The van der Waals surface area contributed by atoms with Crippen LogP contribution in [0.25, 0.3) is 0 Å². The summed E-state index contributed by atoms with van der Waals surface area (Å²) in [7, 11) is 0. The molecule has 0 amide bonds. The molecule has 0 aliphatic carbocycles. The van der Waals surface area contributed by atoms with Gasteiger partial charge < -0.3 is 5.32 Å². The second-order valence-corrected chi connectivity index (χ2v) is 4.34. The molecule has 6 heteroatoms. The number of halogens is 1. The van der Waals surface area contributed by atoms with Gasteiger partial charge in [0.1, 0.15) is 10.7 Å². The molecule has 19 heavy (non-hydrogen) atoms. The third kappa shape index (κ3) is 3.42. The highest BCUT2D eigenvalue weighted by atomic mass is 35.5. The van der Waals surface area contributed by atoms with Crippen LogP contribution in [0, 0.1) is 10.1 Å². The highest BCUT2D eigenvalue weighted by Gasteiger charge is 2.17. The number of hydrogen-bond acceptors (Lipinski definition) is 4. The van der Waals surface area contributed by atoms with Crippen molar-refractivity contribution in [1.82, 2.24) is 4.98 Å². The zero-order valence-corrected chi connectivity index (χ0v) is 10.8. The van der Waals surface area contributed by atoms with Crippen molar-refractivity contribution in [1.29, 1.82) is 0 Å². The zero-order chi connectivity index (χ0) is 13.7. The van der Waals surface area contributed by atoms with Gasteiger partial charge in [0.2, 0.25) is 0 Å². The van der Waals surface area contributed by atoms with Crippen LogP contribution in [0.4, 0.5) is 11.4 Å². The van der Waals surface area contributed by atoms with Gasteiger partial charge in [0.25, 0.3) is 0 Å². The Bertz CT molecular complexity index is 575. The largest absolute Gasteiger partial charge is 0.379 e. The number of nitro benzene ring substituents is 1. The molecule has 0 fully saturated rings. The molecule has 0 saturated carbocycles. The third-order valence-electron chi connectivity index (χ3n) is 2.62. The molecule has 2 rings (SSSR count). The summed E-state index contributed by atoms with van der Waals surface area (Å²) < 4.78 is 0. The molecule has 1 N–H and O–H groups in total. The Balaban J connectivity index is 2.04. The van der Waals surface area contributed by atoms with Crippen LogP contribution in [-0.2, 0) is 6.42 Å². The normalized spacial score (nSPS) is 10.2. The number of nitrogens with one attached hydrogen (secondary N) is 1. The van der Waals surface area contributed by atoms with Gasteiger partial charge in [-0.2, -0.15) is 0 Å². The third-order valence-corrected chi connectivity index (χ3v) is 2.93. The monoisotopic (exact) mass is 277 g/mol. The van der Waals surface area contributed by atoms with Crippen molar-refractivity contribution in [2.75, 3.05) is 11.9 Å². The molecule has 0 atom stereocenters. The van der Waals surface area contributed by atoms with Crippen LogP contribution in [0.15, 0.2) is 42.7 Å². The molecule has 5 nitrogen and oxygen atoms in total. The van der Waals surface area contributed by atoms with Crippen LogP contribution in [0.2, 0.25) is 5.02 Å². The van der Waals surface area contributed by atoms with Crippen molar-refractivity contribution in [3.8, 4) is 0 Å². The molecule has 0 radical (unpaired) electrons. The van der Waals surface area contributed by atoms with Crippen LogP contribution in [0.3, 0.4) is 0 Å². The van der Waals surface area contributed by atoms with Gasteiger partial charge in [0.15, 0.2) is 0 Å². The van der Waals surface area contributed by atoms with E-state index in [-0.39, 0.29) is 10.7 Å². The summed E-state index contributed by atoms with van der Waals surface area (Å²) in [5, 5.41) is 14.1. The molecule has 0 aliphatic heterocycles. The summed E-state index contributed by atoms with van der Waals surface area (Å²) in [6.45, 7) is 0.576. The fourth-order valence-corrected chi connectivity index (χ4v) is 1.97. The predicted molar refractivity (Wildman–Crippen MR) is 74.5 cm³/mol. The fraction of sp³-hybridized carbons (Fsp3) is 0.154. The van der Waals surface area contributed by atoms with E-state index >= 15 is 0 Å². The standard InChI is InChI=1S/C13H12ClN3O2/c14-11-4-1-5-12(13(11)17(18)19)16-8-6-10-3-2-7-15-9-10/h1-5,7,9,16H,6,8H2. The van der Waals surface area contributed by atoms with E-state index in [0.29, 0.717) is 12.2 Å². The number of pyridine rings is 1. The lowest BCUT2D eigenvalue weighted by Crippen LogP contribution is -2.07. The van der Waals surface area contributed by atoms with E-state index in [2.05, 4.69) is 10.3 Å². The maximum absolute atomic E-state index is 10.9. The van der Waals surface area contributed by atoms with E-state index in [9.17, 15) is 10.1 Å². The highest BCUT2D eigenvalue weighted by molar-refractivity contribution is 6.33. The first-order chi connectivity index (χ1) is 9.18. The van der Waals surface area contributed by atoms with Crippen LogP contribution >= 0.6 is 11.6 Å². The Morgan fingerprint density at radius 2 is 2.16 bits per heavy atom. The summed E-state index contributed by atoms with van der Waals surface area (Å²) in [6, 6.07) is 8.65. The van der Waals surface area contributed by atoms with E-state index in [1.807, 2.05) is 12.1 Å². The number of rotatable bonds is 5.